The van der Waals surface area contributed by atoms with Gasteiger partial charge in [-0.1, -0.05) is 29.8 Å². The first-order valence-electron chi connectivity index (χ1n) is 8.45. The number of pyridine rings is 1. The molecule has 0 atom stereocenters. The Morgan fingerprint density at radius 3 is 2.68 bits per heavy atom. The second-order valence-electron chi connectivity index (χ2n) is 6.00. The van der Waals surface area contributed by atoms with E-state index in [1.54, 1.807) is 13.2 Å². The van der Waals surface area contributed by atoms with Crippen LogP contribution in [0.1, 0.15) is 10.6 Å². The van der Waals surface area contributed by atoms with Gasteiger partial charge in [0.25, 0.3) is 0 Å². The summed E-state index contributed by atoms with van der Waals surface area (Å²) in [5, 5.41) is 13.6. The first kappa shape index (κ1) is 18.2. The van der Waals surface area contributed by atoms with Gasteiger partial charge >= 0.3 is 0 Å². The number of aromatic nitrogens is 2. The van der Waals surface area contributed by atoms with E-state index in [9.17, 15) is 5.26 Å². The summed E-state index contributed by atoms with van der Waals surface area (Å²) in [7, 11) is 1.63. The number of para-hydroxylation sites is 1. The average molecular weight is 404 g/mol. The summed E-state index contributed by atoms with van der Waals surface area (Å²) in [4.78, 5) is 9.03. The third-order valence-electron chi connectivity index (χ3n) is 4.25. The van der Waals surface area contributed by atoms with E-state index in [0.29, 0.717) is 21.3 Å². The van der Waals surface area contributed by atoms with Crippen molar-refractivity contribution in [3.05, 3.63) is 75.7 Å². The maximum Gasteiger partial charge on any atom is 0.137 e. The molecule has 0 aliphatic rings. The molecule has 0 aliphatic heterocycles. The predicted molar refractivity (Wildman–Crippen MR) is 114 cm³/mol. The third-order valence-corrected chi connectivity index (χ3v) is 5.42. The van der Waals surface area contributed by atoms with Crippen LogP contribution in [0.2, 0.25) is 5.15 Å². The van der Waals surface area contributed by atoms with E-state index in [4.69, 9.17) is 16.3 Å². The van der Waals surface area contributed by atoms with Crippen LogP contribution in [0.4, 0.5) is 0 Å². The van der Waals surface area contributed by atoms with Crippen molar-refractivity contribution in [1.82, 2.24) is 9.97 Å². The lowest BCUT2D eigenvalue weighted by Crippen LogP contribution is -1.87. The van der Waals surface area contributed by atoms with E-state index >= 15 is 0 Å². The molecule has 0 bridgehead atoms. The van der Waals surface area contributed by atoms with Crippen molar-refractivity contribution in [2.45, 2.75) is 0 Å². The van der Waals surface area contributed by atoms with Crippen molar-refractivity contribution < 1.29 is 4.74 Å². The van der Waals surface area contributed by atoms with Crippen molar-refractivity contribution in [1.29, 1.82) is 5.26 Å². The molecule has 4 rings (SSSR count). The van der Waals surface area contributed by atoms with E-state index in [2.05, 4.69) is 16.0 Å². The lowest BCUT2D eigenvalue weighted by Gasteiger charge is -2.03. The number of hydrogen-bond donors (Lipinski definition) is 0. The van der Waals surface area contributed by atoms with E-state index in [1.165, 1.54) is 11.3 Å². The predicted octanol–water partition coefficient (Wildman–Crippen LogP) is 6.08. The molecule has 6 heteroatoms. The van der Waals surface area contributed by atoms with Crippen LogP contribution < -0.4 is 4.74 Å². The monoisotopic (exact) mass is 403 g/mol. The number of thiazole rings is 1. The highest BCUT2D eigenvalue weighted by Gasteiger charge is 2.11. The maximum absolute atomic E-state index is 9.66. The minimum atomic E-state index is 0.360. The van der Waals surface area contributed by atoms with E-state index < -0.39 is 0 Å². The number of allylic oxidation sites excluding steroid dienone is 1. The van der Waals surface area contributed by atoms with Crippen molar-refractivity contribution >= 4 is 45.5 Å². The molecular formula is C22H14ClN3OS. The Morgan fingerprint density at radius 1 is 1.14 bits per heavy atom. The van der Waals surface area contributed by atoms with Crippen molar-refractivity contribution in [3.63, 3.8) is 0 Å². The van der Waals surface area contributed by atoms with Crippen LogP contribution in [-0.4, -0.2) is 17.1 Å². The first-order chi connectivity index (χ1) is 13.7. The van der Waals surface area contributed by atoms with Crippen LogP contribution in [0.15, 0.2) is 60.0 Å². The number of nitrogens with zero attached hydrogens (tertiary/aromatic N) is 3. The normalized spacial score (nSPS) is 11.4. The molecule has 0 aliphatic carbocycles. The number of hydrogen-bond acceptors (Lipinski definition) is 5. The Kier molecular flexibility index (Phi) is 5.07. The summed E-state index contributed by atoms with van der Waals surface area (Å²) in [6, 6.07) is 19.5. The fourth-order valence-corrected chi connectivity index (χ4v) is 3.79. The van der Waals surface area contributed by atoms with Crippen molar-refractivity contribution in [3.8, 4) is 23.1 Å². The largest absolute Gasteiger partial charge is 0.497 e. The Labute approximate surface area is 171 Å². The lowest BCUT2D eigenvalue weighted by atomic mass is 10.1. The molecule has 0 N–H and O–H groups in total. The number of halogens is 1. The van der Waals surface area contributed by atoms with Crippen LogP contribution in [0.25, 0.3) is 33.8 Å². The minimum Gasteiger partial charge on any atom is -0.497 e. The number of ether oxygens (including phenoxy) is 1. The van der Waals surface area contributed by atoms with Crippen LogP contribution in [-0.2, 0) is 0 Å². The smallest absolute Gasteiger partial charge is 0.137 e. The van der Waals surface area contributed by atoms with E-state index in [-0.39, 0.29) is 0 Å². The highest BCUT2D eigenvalue weighted by Crippen LogP contribution is 2.30. The Hall–Kier alpha value is -3.20. The Morgan fingerprint density at radius 2 is 1.93 bits per heavy atom. The van der Waals surface area contributed by atoms with Crippen LogP contribution >= 0.6 is 22.9 Å². The molecule has 0 fully saturated rings. The fraction of sp³-hybridized carbons (Fsp3) is 0.0455. The quantitative estimate of drug-likeness (QED) is 0.306. The second-order valence-corrected chi connectivity index (χ2v) is 7.21. The zero-order chi connectivity index (χ0) is 19.5. The molecule has 0 amide bonds. The average Bonchev–Trinajstić information content (AvgIpc) is 3.22. The standard InChI is InChI=1S/C22H14ClN3OS/c1-27-18-8-6-14(7-9-18)20-13-28-22(26-20)17(12-24)11-16-10-15-4-2-3-5-19(15)25-21(16)23/h2-11,13H,1H3/b17-11+. The van der Waals surface area contributed by atoms with Crippen LogP contribution in [0.3, 0.4) is 0 Å². The molecule has 136 valence electrons. The molecular weight excluding hydrogens is 390 g/mol. The topological polar surface area (TPSA) is 58.8 Å². The number of fused-ring (bicyclic) bond motifs is 1. The molecule has 0 spiro atoms. The fourth-order valence-electron chi connectivity index (χ4n) is 2.80. The van der Waals surface area contributed by atoms with Gasteiger partial charge in [-0.05, 0) is 42.5 Å². The molecule has 2 heterocycles. The van der Waals surface area contributed by atoms with Gasteiger partial charge in [0.15, 0.2) is 0 Å². The van der Waals surface area contributed by atoms with Crippen molar-refractivity contribution in [2.24, 2.45) is 0 Å². The molecule has 4 nitrogen and oxygen atoms in total. The van der Waals surface area contributed by atoms with Gasteiger partial charge < -0.3 is 4.74 Å². The number of rotatable bonds is 4. The molecule has 0 radical (unpaired) electrons. The molecule has 4 aromatic rings. The zero-order valence-corrected chi connectivity index (χ0v) is 16.5. The molecule has 0 unspecified atom stereocenters. The lowest BCUT2D eigenvalue weighted by molar-refractivity contribution is 0.415. The van der Waals surface area contributed by atoms with Crippen molar-refractivity contribution in [2.75, 3.05) is 7.11 Å². The first-order valence-corrected chi connectivity index (χ1v) is 9.71. The van der Waals surface area contributed by atoms with Gasteiger partial charge in [-0.2, -0.15) is 5.26 Å². The maximum atomic E-state index is 9.66. The minimum absolute atomic E-state index is 0.360. The molecule has 0 saturated heterocycles. The summed E-state index contributed by atoms with van der Waals surface area (Å²) < 4.78 is 5.19. The van der Waals surface area contributed by atoms with Gasteiger partial charge in [-0.3, -0.25) is 0 Å². The highest BCUT2D eigenvalue weighted by atomic mass is 35.5. The number of methoxy groups -OCH3 is 1. The highest BCUT2D eigenvalue weighted by molar-refractivity contribution is 7.11. The van der Waals surface area contributed by atoms with Gasteiger partial charge in [0.2, 0.25) is 0 Å². The second kappa shape index (κ2) is 7.81. The molecule has 0 saturated carbocycles. The molecule has 2 aromatic carbocycles. The van der Waals surface area contributed by atoms with Crippen LogP contribution in [0.5, 0.6) is 5.75 Å². The summed E-state index contributed by atoms with van der Waals surface area (Å²) in [6.07, 6.45) is 1.73. The third kappa shape index (κ3) is 3.61. The van der Waals surface area contributed by atoms with Gasteiger partial charge in [-0.25, -0.2) is 9.97 Å². The van der Waals surface area contributed by atoms with E-state index in [0.717, 1.165) is 27.9 Å². The van der Waals surface area contributed by atoms with Gasteiger partial charge in [-0.15, -0.1) is 11.3 Å². The SMILES string of the molecule is COc1ccc(-c2csc(/C(C#N)=C/c3cc4ccccc4nc3Cl)n2)cc1. The van der Waals surface area contributed by atoms with Crippen LogP contribution in [0, 0.1) is 11.3 Å². The number of nitriles is 1. The summed E-state index contributed by atoms with van der Waals surface area (Å²) in [6.45, 7) is 0. The van der Waals surface area contributed by atoms with Gasteiger partial charge in [0.1, 0.15) is 22.0 Å². The number of benzene rings is 2. The van der Waals surface area contributed by atoms with E-state index in [1.807, 2.05) is 60.0 Å². The molecule has 2 aromatic heterocycles. The molecule has 28 heavy (non-hydrogen) atoms. The summed E-state index contributed by atoms with van der Waals surface area (Å²) in [5.41, 5.74) is 3.73. The van der Waals surface area contributed by atoms with Gasteiger partial charge in [0.05, 0.1) is 23.9 Å². The zero-order valence-electron chi connectivity index (χ0n) is 14.9. The van der Waals surface area contributed by atoms with Gasteiger partial charge in [0, 0.05) is 21.9 Å². The Balaban J connectivity index is 1.70. The summed E-state index contributed by atoms with van der Waals surface area (Å²) >= 11 is 7.75. The summed E-state index contributed by atoms with van der Waals surface area (Å²) in [5.74, 6) is 0.787. The Bertz CT molecular complexity index is 1220.